The largest absolute Gasteiger partial charge is 0.0917 e. The van der Waals surface area contributed by atoms with Crippen molar-refractivity contribution in [3.8, 4) is 0 Å². The van der Waals surface area contributed by atoms with Crippen LogP contribution in [-0.2, 0) is 0 Å². The first-order valence-corrected chi connectivity index (χ1v) is 5.41. The van der Waals surface area contributed by atoms with Gasteiger partial charge < -0.3 is 0 Å². The maximum atomic E-state index is 4.02. The van der Waals surface area contributed by atoms with Crippen LogP contribution in [0, 0.1) is 0 Å². The monoisotopic (exact) mass is 204 g/mol. The van der Waals surface area contributed by atoms with Crippen molar-refractivity contribution in [2.24, 2.45) is 0 Å². The minimum atomic E-state index is 1.05. The fourth-order valence-electron chi connectivity index (χ4n) is 2.13. The lowest BCUT2D eigenvalue weighted by Crippen LogP contribution is -2.24. The van der Waals surface area contributed by atoms with E-state index in [1.165, 1.54) is 21.2 Å². The van der Waals surface area contributed by atoms with E-state index in [2.05, 4.69) is 61.2 Å². The molecule has 0 saturated heterocycles. The smallest absolute Gasteiger partial charge is 0.00997 e. The van der Waals surface area contributed by atoms with E-state index in [1.807, 2.05) is 6.08 Å². The molecule has 0 bridgehead atoms. The van der Waals surface area contributed by atoms with Crippen LogP contribution < -0.4 is 10.4 Å². The summed E-state index contributed by atoms with van der Waals surface area (Å²) in [6.45, 7) is 4.02. The second-order valence-electron chi connectivity index (χ2n) is 4.03. The maximum Gasteiger partial charge on any atom is -0.00997 e. The van der Waals surface area contributed by atoms with Crippen LogP contribution in [0.3, 0.4) is 0 Å². The van der Waals surface area contributed by atoms with Crippen molar-refractivity contribution >= 4 is 22.9 Å². The minimum Gasteiger partial charge on any atom is -0.0917 e. The normalized spacial score (nSPS) is 13.9. The first kappa shape index (κ1) is 9.17. The highest BCUT2D eigenvalue weighted by Gasteiger charge is 1.97. The van der Waals surface area contributed by atoms with Gasteiger partial charge in [-0.15, -0.1) is 0 Å². The molecule has 0 unspecified atom stereocenters. The third-order valence-corrected chi connectivity index (χ3v) is 2.92. The van der Waals surface area contributed by atoms with E-state index in [4.69, 9.17) is 0 Å². The van der Waals surface area contributed by atoms with Gasteiger partial charge in [0.25, 0.3) is 0 Å². The molecular weight excluding hydrogens is 192 g/mol. The molecule has 0 aromatic heterocycles. The van der Waals surface area contributed by atoms with Crippen molar-refractivity contribution in [3.05, 3.63) is 71.1 Å². The summed E-state index contributed by atoms with van der Waals surface area (Å²) in [6.07, 6.45) is 8.38. The summed E-state index contributed by atoms with van der Waals surface area (Å²) in [5.74, 6) is 0. The summed E-state index contributed by atoms with van der Waals surface area (Å²) in [4.78, 5) is 0. The van der Waals surface area contributed by atoms with E-state index in [0.29, 0.717) is 0 Å². The zero-order valence-corrected chi connectivity index (χ0v) is 8.98. The van der Waals surface area contributed by atoms with Gasteiger partial charge in [-0.3, -0.25) is 0 Å². The molecular formula is C16H12. The molecule has 0 aliphatic heterocycles. The number of hydrogen-bond donors (Lipinski definition) is 0. The molecule has 2 aromatic carbocycles. The predicted octanol–water partition coefficient (Wildman–Crippen LogP) is 2.53. The molecule has 0 spiro atoms. The summed E-state index contributed by atoms with van der Waals surface area (Å²) < 4.78 is 0. The Bertz CT molecular complexity index is 715. The molecule has 1 aliphatic rings. The average molecular weight is 204 g/mol. The third kappa shape index (κ3) is 1.40. The fourth-order valence-corrected chi connectivity index (χ4v) is 2.13. The number of fused-ring (bicyclic) bond motifs is 3. The highest BCUT2D eigenvalue weighted by Crippen LogP contribution is 2.08. The van der Waals surface area contributed by atoms with Gasteiger partial charge >= 0.3 is 0 Å². The van der Waals surface area contributed by atoms with Gasteiger partial charge in [-0.25, -0.2) is 0 Å². The van der Waals surface area contributed by atoms with Crippen LogP contribution in [0.15, 0.2) is 60.7 Å². The van der Waals surface area contributed by atoms with Gasteiger partial charge in [-0.05, 0) is 32.9 Å². The highest BCUT2D eigenvalue weighted by molar-refractivity contribution is 5.85. The number of hydrogen-bond acceptors (Lipinski definition) is 0. The van der Waals surface area contributed by atoms with Crippen molar-refractivity contribution in [3.63, 3.8) is 0 Å². The summed E-state index contributed by atoms with van der Waals surface area (Å²) in [5, 5.41) is 5.10. The zero-order chi connectivity index (χ0) is 11.0. The molecule has 1 aliphatic carbocycles. The zero-order valence-electron chi connectivity index (χ0n) is 8.98. The summed E-state index contributed by atoms with van der Waals surface area (Å²) >= 11 is 0. The van der Waals surface area contributed by atoms with Gasteiger partial charge in [-0.2, -0.15) is 0 Å². The molecule has 0 amide bonds. The molecule has 76 valence electrons. The summed E-state index contributed by atoms with van der Waals surface area (Å²) in [7, 11) is 0. The van der Waals surface area contributed by atoms with Gasteiger partial charge in [0.1, 0.15) is 0 Å². The number of rotatable bonds is 0. The Hall–Kier alpha value is -2.08. The van der Waals surface area contributed by atoms with Crippen LogP contribution >= 0.6 is 0 Å². The Morgan fingerprint density at radius 2 is 1.81 bits per heavy atom. The van der Waals surface area contributed by atoms with Crippen LogP contribution in [-0.4, -0.2) is 0 Å². The lowest BCUT2D eigenvalue weighted by molar-refractivity contribution is 1.58. The second kappa shape index (κ2) is 3.49. The van der Waals surface area contributed by atoms with E-state index in [-0.39, 0.29) is 0 Å². The Kier molecular flexibility index (Phi) is 2.00. The first-order chi connectivity index (χ1) is 7.84. The van der Waals surface area contributed by atoms with Crippen molar-refractivity contribution in [1.82, 2.24) is 0 Å². The number of benzene rings is 2. The summed E-state index contributed by atoms with van der Waals surface area (Å²) in [5.41, 5.74) is 1.05. The van der Waals surface area contributed by atoms with Crippen LogP contribution in [0.5, 0.6) is 0 Å². The van der Waals surface area contributed by atoms with E-state index >= 15 is 0 Å². The van der Waals surface area contributed by atoms with Crippen LogP contribution in [0.4, 0.5) is 0 Å². The third-order valence-electron chi connectivity index (χ3n) is 2.92. The van der Waals surface area contributed by atoms with Gasteiger partial charge in [0.05, 0.1) is 0 Å². The van der Waals surface area contributed by atoms with E-state index in [0.717, 1.165) is 5.57 Å². The van der Waals surface area contributed by atoms with Gasteiger partial charge in [0, 0.05) is 0 Å². The van der Waals surface area contributed by atoms with Crippen molar-refractivity contribution in [2.45, 2.75) is 0 Å². The van der Waals surface area contributed by atoms with Crippen molar-refractivity contribution in [1.29, 1.82) is 0 Å². The molecule has 0 fully saturated rings. The molecule has 2 aromatic rings. The molecule has 3 rings (SSSR count). The quantitative estimate of drug-likeness (QED) is 0.618. The standard InChI is InChI=1S/C16H12/c1-12-5-4-7-14-10-9-13-6-2-3-8-15(13)16(14)11-12/h2-11H,1H2. The Morgan fingerprint density at radius 1 is 0.938 bits per heavy atom. The molecule has 0 saturated carbocycles. The molecule has 16 heavy (non-hydrogen) atoms. The molecule has 0 nitrogen and oxygen atoms in total. The van der Waals surface area contributed by atoms with Crippen molar-refractivity contribution < 1.29 is 0 Å². The fraction of sp³-hybridized carbons (Fsp3) is 0. The first-order valence-electron chi connectivity index (χ1n) is 5.41. The van der Waals surface area contributed by atoms with Gasteiger partial charge in [0.15, 0.2) is 0 Å². The molecule has 0 heterocycles. The molecule has 0 N–H and O–H groups in total. The highest BCUT2D eigenvalue weighted by atomic mass is 14.0. The van der Waals surface area contributed by atoms with Gasteiger partial charge in [0.2, 0.25) is 0 Å². The van der Waals surface area contributed by atoms with E-state index in [9.17, 15) is 0 Å². The minimum absolute atomic E-state index is 1.05. The second-order valence-corrected chi connectivity index (χ2v) is 4.03. The van der Waals surface area contributed by atoms with Crippen LogP contribution in [0.25, 0.3) is 22.9 Å². The Morgan fingerprint density at radius 3 is 2.75 bits per heavy atom. The SMILES string of the molecule is C=C1C=CC=c2ccc3ccccc3c2=C1. The van der Waals surface area contributed by atoms with Crippen molar-refractivity contribution in [2.75, 3.05) is 0 Å². The predicted molar refractivity (Wildman–Crippen MR) is 70.4 cm³/mol. The Labute approximate surface area is 94.5 Å². The molecule has 0 heteroatoms. The Balaban J connectivity index is 2.58. The summed E-state index contributed by atoms with van der Waals surface area (Å²) in [6, 6.07) is 12.8. The number of allylic oxidation sites excluding steroid dienone is 3. The van der Waals surface area contributed by atoms with Crippen LogP contribution in [0.1, 0.15) is 0 Å². The van der Waals surface area contributed by atoms with Gasteiger partial charge in [-0.1, -0.05) is 61.2 Å². The van der Waals surface area contributed by atoms with Crippen LogP contribution in [0.2, 0.25) is 0 Å². The molecule has 0 radical (unpaired) electrons. The average Bonchev–Trinajstić information content (AvgIpc) is 2.50. The topological polar surface area (TPSA) is 0 Å². The lowest BCUT2D eigenvalue weighted by atomic mass is 10.1. The maximum absolute atomic E-state index is 4.02. The lowest BCUT2D eigenvalue weighted by Gasteiger charge is -1.99. The van der Waals surface area contributed by atoms with E-state index < -0.39 is 0 Å². The molecule has 0 atom stereocenters. The van der Waals surface area contributed by atoms with E-state index in [1.54, 1.807) is 0 Å².